The van der Waals surface area contributed by atoms with Crippen molar-refractivity contribution >= 4 is 5.97 Å². The maximum Gasteiger partial charge on any atom is 0.335 e. The first-order chi connectivity index (χ1) is 5.74. The van der Waals surface area contributed by atoms with Gasteiger partial charge in [0.1, 0.15) is 0 Å². The van der Waals surface area contributed by atoms with Crippen molar-refractivity contribution in [2.24, 2.45) is 0 Å². The summed E-state index contributed by atoms with van der Waals surface area (Å²) in [5.74, 6) is -0.280. The monoisotopic (exact) mass is 252 g/mol. The topological polar surface area (TPSA) is 26.3 Å². The van der Waals surface area contributed by atoms with Crippen LogP contribution in [-0.4, -0.2) is 12.6 Å². The van der Waals surface area contributed by atoms with E-state index in [1.54, 1.807) is 31.2 Å². The van der Waals surface area contributed by atoms with Gasteiger partial charge in [0.25, 0.3) is 0 Å². The van der Waals surface area contributed by atoms with Crippen LogP contribution in [0, 0.1) is 6.92 Å². The van der Waals surface area contributed by atoms with Crippen molar-refractivity contribution in [1.29, 1.82) is 0 Å². The molecular formula is C10H11O2Y-. The van der Waals surface area contributed by atoms with E-state index in [0.717, 1.165) is 5.56 Å². The SMILES string of the molecule is [CH2-]c1ccc(C(=O)OCC)cc1.[Y]. The molecule has 0 bridgehead atoms. The Labute approximate surface area is 104 Å². The Bertz CT molecular complexity index is 267. The minimum atomic E-state index is -0.280. The van der Waals surface area contributed by atoms with Crippen molar-refractivity contribution in [3.63, 3.8) is 0 Å². The summed E-state index contributed by atoms with van der Waals surface area (Å²) in [6.45, 7) is 5.91. The molecule has 0 heterocycles. The standard InChI is InChI=1S/C10H11O2.Y/c1-3-12-10(11)9-6-4-8(2)5-7-9;/h4-7H,2-3H2,1H3;/q-1;. The van der Waals surface area contributed by atoms with E-state index in [0.29, 0.717) is 12.2 Å². The largest absolute Gasteiger partial charge is 0.462 e. The molecule has 0 aromatic heterocycles. The Kier molecular flexibility index (Phi) is 6.01. The molecule has 0 saturated heterocycles. The van der Waals surface area contributed by atoms with Crippen molar-refractivity contribution in [2.75, 3.05) is 6.61 Å². The molecule has 2 nitrogen and oxygen atoms in total. The summed E-state index contributed by atoms with van der Waals surface area (Å²) in [5.41, 5.74) is 1.47. The number of rotatable bonds is 2. The molecule has 0 spiro atoms. The Morgan fingerprint density at radius 3 is 2.38 bits per heavy atom. The van der Waals surface area contributed by atoms with Gasteiger partial charge in [-0.2, -0.15) is 24.6 Å². The molecule has 1 aromatic rings. The fourth-order valence-corrected chi connectivity index (χ4v) is 0.855. The smallest absolute Gasteiger partial charge is 0.335 e. The van der Waals surface area contributed by atoms with Gasteiger partial charge in [0, 0.05) is 38.3 Å². The molecule has 0 N–H and O–H groups in total. The van der Waals surface area contributed by atoms with E-state index in [2.05, 4.69) is 6.92 Å². The van der Waals surface area contributed by atoms with E-state index in [1.165, 1.54) is 0 Å². The summed E-state index contributed by atoms with van der Waals surface area (Å²) < 4.78 is 4.81. The normalized spacial score (nSPS) is 8.69. The fourth-order valence-electron chi connectivity index (χ4n) is 0.855. The molecule has 0 aliphatic rings. The number of esters is 1. The van der Waals surface area contributed by atoms with E-state index in [-0.39, 0.29) is 38.7 Å². The minimum absolute atomic E-state index is 0. The zero-order valence-corrected chi connectivity index (χ0v) is 10.5. The van der Waals surface area contributed by atoms with Gasteiger partial charge in [0.15, 0.2) is 0 Å². The molecule has 3 heteroatoms. The van der Waals surface area contributed by atoms with Crippen molar-refractivity contribution < 1.29 is 42.2 Å². The summed E-state index contributed by atoms with van der Waals surface area (Å²) in [6, 6.07) is 6.99. The predicted molar refractivity (Wildman–Crippen MR) is 46.9 cm³/mol. The zero-order chi connectivity index (χ0) is 8.97. The second kappa shape index (κ2) is 6.17. The number of carbonyl (C=O) groups excluding carboxylic acids is 1. The maximum absolute atomic E-state index is 11.1. The Morgan fingerprint density at radius 2 is 1.92 bits per heavy atom. The molecule has 0 atom stereocenters. The second-order valence-electron chi connectivity index (χ2n) is 2.42. The number of carbonyl (C=O) groups is 1. The van der Waals surface area contributed by atoms with Crippen LogP contribution in [-0.2, 0) is 37.4 Å². The fraction of sp³-hybridized carbons (Fsp3) is 0.200. The van der Waals surface area contributed by atoms with Crippen molar-refractivity contribution in [2.45, 2.75) is 6.92 Å². The van der Waals surface area contributed by atoms with Gasteiger partial charge in [-0.1, -0.05) is 0 Å². The Balaban J connectivity index is 0.00000144. The van der Waals surface area contributed by atoms with E-state index >= 15 is 0 Å². The molecule has 13 heavy (non-hydrogen) atoms. The van der Waals surface area contributed by atoms with E-state index in [4.69, 9.17) is 4.74 Å². The third kappa shape index (κ3) is 3.92. The van der Waals surface area contributed by atoms with Crippen molar-refractivity contribution in [3.05, 3.63) is 42.3 Å². The van der Waals surface area contributed by atoms with Gasteiger partial charge in [-0.3, -0.25) is 0 Å². The van der Waals surface area contributed by atoms with Crippen LogP contribution in [0.4, 0.5) is 0 Å². The summed E-state index contributed by atoms with van der Waals surface area (Å²) in [5, 5.41) is 0. The van der Waals surface area contributed by atoms with Crippen LogP contribution in [0.5, 0.6) is 0 Å². The average Bonchev–Trinajstić information content (AvgIpc) is 2.06. The van der Waals surface area contributed by atoms with Gasteiger partial charge in [-0.05, 0) is 6.92 Å². The van der Waals surface area contributed by atoms with Crippen molar-refractivity contribution in [1.82, 2.24) is 0 Å². The summed E-state index contributed by atoms with van der Waals surface area (Å²) in [4.78, 5) is 11.1. The molecule has 0 unspecified atom stereocenters. The molecular weight excluding hydrogens is 241 g/mol. The van der Waals surface area contributed by atoms with Crippen molar-refractivity contribution in [3.8, 4) is 0 Å². The predicted octanol–water partition coefficient (Wildman–Crippen LogP) is 2.04. The molecule has 1 rings (SSSR count). The van der Waals surface area contributed by atoms with Gasteiger partial charge >= 0.3 is 5.97 Å². The Morgan fingerprint density at radius 1 is 1.38 bits per heavy atom. The summed E-state index contributed by atoms with van der Waals surface area (Å²) in [7, 11) is 0. The first-order valence-corrected chi connectivity index (χ1v) is 3.83. The maximum atomic E-state index is 11.1. The first kappa shape index (κ1) is 12.7. The summed E-state index contributed by atoms with van der Waals surface area (Å²) >= 11 is 0. The zero-order valence-electron chi connectivity index (χ0n) is 7.62. The molecule has 1 radical (unpaired) electrons. The van der Waals surface area contributed by atoms with Gasteiger partial charge in [0.2, 0.25) is 0 Å². The second-order valence-corrected chi connectivity index (χ2v) is 2.42. The molecule has 67 valence electrons. The van der Waals surface area contributed by atoms with Crippen LogP contribution in [0.1, 0.15) is 22.8 Å². The minimum Gasteiger partial charge on any atom is -0.462 e. The molecule has 0 aliphatic heterocycles. The number of benzene rings is 1. The average molecular weight is 252 g/mol. The molecule has 0 fully saturated rings. The first-order valence-electron chi connectivity index (χ1n) is 3.83. The van der Waals surface area contributed by atoms with Crippen LogP contribution < -0.4 is 0 Å². The third-order valence-electron chi connectivity index (χ3n) is 1.47. The third-order valence-corrected chi connectivity index (χ3v) is 1.47. The van der Waals surface area contributed by atoms with E-state index in [1.807, 2.05) is 0 Å². The van der Waals surface area contributed by atoms with E-state index in [9.17, 15) is 4.79 Å². The van der Waals surface area contributed by atoms with Gasteiger partial charge in [-0.25, -0.2) is 4.79 Å². The number of hydrogen-bond donors (Lipinski definition) is 0. The molecule has 0 amide bonds. The van der Waals surface area contributed by atoms with Gasteiger partial charge in [-0.15, -0.1) is 12.1 Å². The van der Waals surface area contributed by atoms with Crippen LogP contribution in [0.2, 0.25) is 0 Å². The van der Waals surface area contributed by atoms with Crippen LogP contribution in [0.25, 0.3) is 0 Å². The Hall–Kier alpha value is -0.336. The number of ether oxygens (including phenoxy) is 1. The van der Waals surface area contributed by atoms with E-state index < -0.39 is 0 Å². The van der Waals surface area contributed by atoms with Crippen LogP contribution in [0.3, 0.4) is 0 Å². The number of hydrogen-bond acceptors (Lipinski definition) is 2. The van der Waals surface area contributed by atoms with Gasteiger partial charge in [0.05, 0.1) is 6.61 Å². The molecule has 0 saturated carbocycles. The molecule has 1 aromatic carbocycles. The summed E-state index contributed by atoms with van der Waals surface area (Å²) in [6.07, 6.45) is 0. The van der Waals surface area contributed by atoms with Crippen LogP contribution in [0.15, 0.2) is 24.3 Å². The van der Waals surface area contributed by atoms with Crippen LogP contribution >= 0.6 is 0 Å². The molecule has 0 aliphatic carbocycles. The quantitative estimate of drug-likeness (QED) is 0.594. The van der Waals surface area contributed by atoms with Gasteiger partial charge < -0.3 is 4.74 Å².